The average Bonchev–Trinajstić information content (AvgIpc) is 2.76. The van der Waals surface area contributed by atoms with Crippen LogP contribution in [-0.4, -0.2) is 26.9 Å². The second-order valence-corrected chi connectivity index (χ2v) is 5.62. The molecule has 0 radical (unpaired) electrons. The monoisotopic (exact) mass is 307 g/mol. The number of imidazole rings is 1. The van der Waals surface area contributed by atoms with Crippen molar-refractivity contribution in [2.45, 2.75) is 19.9 Å². The van der Waals surface area contributed by atoms with Gasteiger partial charge in [-0.25, -0.2) is 9.37 Å². The molecule has 4 nitrogen and oxygen atoms in total. The summed E-state index contributed by atoms with van der Waals surface area (Å²) in [7, 11) is 1.95. The minimum atomic E-state index is -0.517. The lowest BCUT2D eigenvalue weighted by Crippen LogP contribution is -2.36. The fourth-order valence-electron chi connectivity index (χ4n) is 2.61. The Kier molecular flexibility index (Phi) is 3.45. The van der Waals surface area contributed by atoms with Crippen molar-refractivity contribution in [3.05, 3.63) is 51.8 Å². The van der Waals surface area contributed by atoms with Crippen LogP contribution in [0.5, 0.6) is 0 Å². The largest absolute Gasteiger partial charge is 0.334 e. The minimum absolute atomic E-state index is 0.0325. The zero-order valence-corrected chi connectivity index (χ0v) is 12.6. The zero-order chi connectivity index (χ0) is 15.1. The molecule has 0 unspecified atom stereocenters. The Morgan fingerprint density at radius 2 is 2.19 bits per heavy atom. The topological polar surface area (TPSA) is 38.1 Å². The molecule has 1 amide bonds. The summed E-state index contributed by atoms with van der Waals surface area (Å²) in [4.78, 5) is 18.7. The van der Waals surface area contributed by atoms with Crippen molar-refractivity contribution in [3.8, 4) is 0 Å². The molecule has 2 heterocycles. The molecule has 0 aliphatic carbocycles. The predicted octanol–water partition coefficient (Wildman–Crippen LogP) is 2.72. The van der Waals surface area contributed by atoms with E-state index >= 15 is 0 Å². The smallest absolute Gasteiger partial charge is 0.254 e. The summed E-state index contributed by atoms with van der Waals surface area (Å²) in [6.07, 6.45) is 0.734. The molecule has 2 aromatic rings. The standard InChI is InChI=1S/C15H15ClFN3O/c1-9-18-13-5-6-20(8-14(13)19(9)2)15(21)10-3-4-12(17)11(16)7-10/h3-4,7H,5-6,8H2,1-2H3. The van der Waals surface area contributed by atoms with E-state index in [2.05, 4.69) is 4.98 Å². The first-order valence-electron chi connectivity index (χ1n) is 6.72. The van der Waals surface area contributed by atoms with Crippen LogP contribution in [0.2, 0.25) is 5.02 Å². The summed E-state index contributed by atoms with van der Waals surface area (Å²) in [5.74, 6) is 0.289. The summed E-state index contributed by atoms with van der Waals surface area (Å²) in [6, 6.07) is 4.07. The maximum Gasteiger partial charge on any atom is 0.254 e. The van der Waals surface area contributed by atoms with Gasteiger partial charge < -0.3 is 9.47 Å². The number of hydrogen-bond donors (Lipinski definition) is 0. The Balaban J connectivity index is 1.86. The maximum absolute atomic E-state index is 13.2. The van der Waals surface area contributed by atoms with Crippen molar-refractivity contribution >= 4 is 17.5 Å². The van der Waals surface area contributed by atoms with Crippen molar-refractivity contribution in [1.82, 2.24) is 14.5 Å². The molecule has 0 saturated heterocycles. The highest BCUT2D eigenvalue weighted by atomic mass is 35.5. The summed E-state index contributed by atoms with van der Waals surface area (Å²) >= 11 is 5.75. The third-order valence-corrected chi connectivity index (χ3v) is 4.22. The van der Waals surface area contributed by atoms with Crippen LogP contribution < -0.4 is 0 Å². The Hall–Kier alpha value is -1.88. The van der Waals surface area contributed by atoms with E-state index in [9.17, 15) is 9.18 Å². The molecule has 0 bridgehead atoms. The Bertz CT molecular complexity index is 726. The van der Waals surface area contributed by atoms with Gasteiger partial charge in [0.1, 0.15) is 11.6 Å². The van der Waals surface area contributed by atoms with Crippen molar-refractivity contribution in [1.29, 1.82) is 0 Å². The lowest BCUT2D eigenvalue weighted by atomic mass is 10.1. The van der Waals surface area contributed by atoms with E-state index in [1.165, 1.54) is 18.2 Å². The molecular weight excluding hydrogens is 293 g/mol. The van der Waals surface area contributed by atoms with Crippen LogP contribution >= 0.6 is 11.6 Å². The van der Waals surface area contributed by atoms with Gasteiger partial charge in [0, 0.05) is 25.6 Å². The van der Waals surface area contributed by atoms with Gasteiger partial charge in [-0.15, -0.1) is 0 Å². The van der Waals surface area contributed by atoms with Crippen LogP contribution in [0.1, 0.15) is 27.6 Å². The predicted molar refractivity (Wildman–Crippen MR) is 77.8 cm³/mol. The first kappa shape index (κ1) is 14.1. The molecule has 0 N–H and O–H groups in total. The van der Waals surface area contributed by atoms with Crippen LogP contribution in [0.3, 0.4) is 0 Å². The molecule has 0 fully saturated rings. The van der Waals surface area contributed by atoms with E-state index in [-0.39, 0.29) is 10.9 Å². The van der Waals surface area contributed by atoms with Crippen molar-refractivity contribution < 1.29 is 9.18 Å². The van der Waals surface area contributed by atoms with Gasteiger partial charge >= 0.3 is 0 Å². The van der Waals surface area contributed by atoms with Gasteiger partial charge in [0.05, 0.1) is 23.0 Å². The number of fused-ring (bicyclic) bond motifs is 1. The average molecular weight is 308 g/mol. The van der Waals surface area contributed by atoms with E-state index in [1.54, 1.807) is 4.90 Å². The van der Waals surface area contributed by atoms with Gasteiger partial charge in [-0.1, -0.05) is 11.6 Å². The van der Waals surface area contributed by atoms with Crippen molar-refractivity contribution in [3.63, 3.8) is 0 Å². The van der Waals surface area contributed by atoms with Gasteiger partial charge in [-0.05, 0) is 25.1 Å². The quantitative estimate of drug-likeness (QED) is 0.812. The van der Waals surface area contributed by atoms with E-state index in [4.69, 9.17) is 11.6 Å². The maximum atomic E-state index is 13.2. The Morgan fingerprint density at radius 1 is 1.43 bits per heavy atom. The van der Waals surface area contributed by atoms with Gasteiger partial charge in [0.2, 0.25) is 0 Å². The third-order valence-electron chi connectivity index (χ3n) is 3.93. The zero-order valence-electron chi connectivity index (χ0n) is 11.9. The number of aromatic nitrogens is 2. The first-order chi connectivity index (χ1) is 9.97. The molecule has 21 heavy (non-hydrogen) atoms. The van der Waals surface area contributed by atoms with Gasteiger partial charge in [-0.3, -0.25) is 4.79 Å². The van der Waals surface area contributed by atoms with E-state index in [1.807, 2.05) is 18.5 Å². The van der Waals surface area contributed by atoms with Crippen LogP contribution in [-0.2, 0) is 20.0 Å². The fourth-order valence-corrected chi connectivity index (χ4v) is 2.79. The molecule has 1 aliphatic rings. The second kappa shape index (κ2) is 5.15. The lowest BCUT2D eigenvalue weighted by Gasteiger charge is -2.27. The van der Waals surface area contributed by atoms with Gasteiger partial charge in [-0.2, -0.15) is 0 Å². The van der Waals surface area contributed by atoms with E-state index in [0.717, 1.165) is 23.6 Å². The minimum Gasteiger partial charge on any atom is -0.334 e. The highest BCUT2D eigenvalue weighted by Crippen LogP contribution is 2.22. The number of carbonyl (C=O) groups excluding carboxylic acids is 1. The Morgan fingerprint density at radius 3 is 2.90 bits per heavy atom. The highest BCUT2D eigenvalue weighted by molar-refractivity contribution is 6.31. The Labute approximate surface area is 127 Å². The van der Waals surface area contributed by atoms with Crippen LogP contribution in [0.15, 0.2) is 18.2 Å². The number of aryl methyl sites for hydroxylation is 1. The highest BCUT2D eigenvalue weighted by Gasteiger charge is 2.25. The molecule has 1 aromatic carbocycles. The number of rotatable bonds is 1. The molecule has 1 aromatic heterocycles. The van der Waals surface area contributed by atoms with Gasteiger partial charge in [0.25, 0.3) is 5.91 Å². The lowest BCUT2D eigenvalue weighted by molar-refractivity contribution is 0.0730. The van der Waals surface area contributed by atoms with Gasteiger partial charge in [0.15, 0.2) is 0 Å². The SMILES string of the molecule is Cc1nc2c(n1C)CN(C(=O)c1ccc(F)c(Cl)c1)CC2. The summed E-state index contributed by atoms with van der Waals surface area (Å²) in [5.41, 5.74) is 2.51. The number of amides is 1. The molecule has 0 spiro atoms. The third kappa shape index (κ3) is 2.42. The van der Waals surface area contributed by atoms with E-state index < -0.39 is 5.82 Å². The van der Waals surface area contributed by atoms with Crippen molar-refractivity contribution in [2.24, 2.45) is 7.05 Å². The normalized spacial score (nSPS) is 14.2. The van der Waals surface area contributed by atoms with Crippen LogP contribution in [0, 0.1) is 12.7 Å². The van der Waals surface area contributed by atoms with Crippen LogP contribution in [0.4, 0.5) is 4.39 Å². The van der Waals surface area contributed by atoms with Crippen LogP contribution in [0.25, 0.3) is 0 Å². The number of benzene rings is 1. The molecule has 110 valence electrons. The molecule has 1 aliphatic heterocycles. The number of halogens is 2. The molecule has 3 rings (SSSR count). The molecular formula is C15H15ClFN3O. The van der Waals surface area contributed by atoms with E-state index in [0.29, 0.717) is 18.7 Å². The summed E-state index contributed by atoms with van der Waals surface area (Å²) in [5, 5.41) is -0.0325. The number of hydrogen-bond acceptors (Lipinski definition) is 2. The molecule has 6 heteroatoms. The fraction of sp³-hybridized carbons (Fsp3) is 0.333. The molecule has 0 atom stereocenters. The number of carbonyl (C=O) groups is 1. The first-order valence-corrected chi connectivity index (χ1v) is 7.10. The summed E-state index contributed by atoms with van der Waals surface area (Å²) < 4.78 is 15.2. The molecule has 0 saturated carbocycles. The second-order valence-electron chi connectivity index (χ2n) is 5.22. The summed E-state index contributed by atoms with van der Waals surface area (Å²) in [6.45, 7) is 3.07. The van der Waals surface area contributed by atoms with Crippen molar-refractivity contribution in [2.75, 3.05) is 6.54 Å². The number of nitrogens with zero attached hydrogens (tertiary/aromatic N) is 3.